The minimum Gasteiger partial charge on any atom is -0.434 e. The van der Waals surface area contributed by atoms with Gasteiger partial charge in [-0.3, -0.25) is 9.59 Å². The predicted molar refractivity (Wildman–Crippen MR) is 108 cm³/mol. The first kappa shape index (κ1) is 26.3. The fraction of sp³-hybridized carbons (Fsp3) is 0.364. The third-order valence-electron chi connectivity index (χ3n) is 5.98. The minimum absolute atomic E-state index is 0.191. The molecular weight excluding hydrogens is 489 g/mol. The molecule has 6 nitrogen and oxygen atoms in total. The van der Waals surface area contributed by atoms with Crippen molar-refractivity contribution >= 4 is 17.5 Å². The van der Waals surface area contributed by atoms with E-state index in [-0.39, 0.29) is 11.3 Å². The molecule has 3 rings (SSSR count). The van der Waals surface area contributed by atoms with Crippen molar-refractivity contribution in [1.82, 2.24) is 0 Å². The van der Waals surface area contributed by atoms with E-state index in [1.54, 1.807) is 0 Å². The van der Waals surface area contributed by atoms with E-state index in [2.05, 4.69) is 10.1 Å². The van der Waals surface area contributed by atoms with Crippen molar-refractivity contribution in [3.8, 4) is 5.75 Å². The normalized spacial score (nSPS) is 24.5. The third-order valence-corrected chi connectivity index (χ3v) is 5.98. The molecular formula is C22H19F7N2O4. The summed E-state index contributed by atoms with van der Waals surface area (Å²) < 4.78 is 105. The number of nitrogens with two attached hydrogens (primary N) is 1. The molecule has 0 bridgehead atoms. The van der Waals surface area contributed by atoms with Crippen molar-refractivity contribution in [3.63, 3.8) is 0 Å². The van der Waals surface area contributed by atoms with Gasteiger partial charge in [-0.05, 0) is 31.2 Å². The van der Waals surface area contributed by atoms with Crippen molar-refractivity contribution in [2.75, 3.05) is 5.32 Å². The number of primary amides is 1. The number of nitrogens with one attached hydrogen (secondary N) is 1. The average molecular weight is 508 g/mol. The first-order valence-corrected chi connectivity index (χ1v) is 10.0. The Morgan fingerprint density at radius 1 is 1.14 bits per heavy atom. The van der Waals surface area contributed by atoms with Crippen molar-refractivity contribution in [2.45, 2.75) is 44.3 Å². The van der Waals surface area contributed by atoms with E-state index in [0.29, 0.717) is 13.0 Å². The van der Waals surface area contributed by atoms with E-state index in [0.717, 1.165) is 37.3 Å². The molecule has 1 heterocycles. The maximum atomic E-state index is 13.9. The summed E-state index contributed by atoms with van der Waals surface area (Å²) in [7, 11) is 0. The molecule has 1 fully saturated rings. The van der Waals surface area contributed by atoms with Crippen molar-refractivity contribution in [1.29, 1.82) is 0 Å². The fourth-order valence-electron chi connectivity index (χ4n) is 4.01. The molecule has 13 heteroatoms. The highest BCUT2D eigenvalue weighted by atomic mass is 19.4. The molecule has 1 aliphatic rings. The van der Waals surface area contributed by atoms with Crippen LogP contribution in [0, 0.1) is 17.6 Å². The molecule has 2 amide bonds. The number of halogens is 7. The lowest BCUT2D eigenvalue weighted by Crippen LogP contribution is -2.47. The highest BCUT2D eigenvalue weighted by Gasteiger charge is 2.65. The first-order valence-electron chi connectivity index (χ1n) is 10.0. The maximum Gasteiger partial charge on any atom is 0.417 e. The van der Waals surface area contributed by atoms with Crippen molar-refractivity contribution in [3.05, 3.63) is 59.2 Å². The van der Waals surface area contributed by atoms with Gasteiger partial charge in [0, 0.05) is 29.2 Å². The van der Waals surface area contributed by atoms with Crippen LogP contribution in [0.1, 0.15) is 35.7 Å². The first-order chi connectivity index (χ1) is 16.2. The standard InChI is InChI=1S/C22H19F7N2O4/c1-9-16(12-5-3-10(23)7-15(12)34-20(25)26)17(35-21(9,2)22(27,28)29)19(33)31-11-4-6-14(24)13(8-11)18(30)32/h3-9,16-17,20H,1-2H3,(H2,30,32)(H,31,33)/t9-,16-,17+,21+/m0/s1. The number of carbonyl (C=O) groups excluding carboxylic acids is 2. The monoisotopic (exact) mass is 508 g/mol. The highest BCUT2D eigenvalue weighted by molar-refractivity contribution is 5.98. The molecule has 1 saturated heterocycles. The van der Waals surface area contributed by atoms with Crippen LogP contribution < -0.4 is 15.8 Å². The Morgan fingerprint density at radius 3 is 2.37 bits per heavy atom. The quantitative estimate of drug-likeness (QED) is 0.552. The van der Waals surface area contributed by atoms with Gasteiger partial charge in [0.15, 0.2) is 5.60 Å². The highest BCUT2D eigenvalue weighted by Crippen LogP contribution is 2.54. The summed E-state index contributed by atoms with van der Waals surface area (Å²) in [5.74, 6) is -8.13. The van der Waals surface area contributed by atoms with Crippen LogP contribution in [-0.4, -0.2) is 36.3 Å². The summed E-state index contributed by atoms with van der Waals surface area (Å²) in [6.07, 6.45) is -6.91. The zero-order valence-electron chi connectivity index (χ0n) is 18.1. The van der Waals surface area contributed by atoms with Crippen LogP contribution in [0.2, 0.25) is 0 Å². The van der Waals surface area contributed by atoms with E-state index in [4.69, 9.17) is 10.5 Å². The SMILES string of the molecule is C[C@H]1[C@@H](c2ccc(F)cc2OC(F)F)[C@H](C(=O)Nc2ccc(F)c(C(N)=O)c2)O[C@@]1(C)C(F)(F)F. The molecule has 0 aromatic heterocycles. The molecule has 0 unspecified atom stereocenters. The molecule has 0 saturated carbocycles. The van der Waals surface area contributed by atoms with Crippen molar-refractivity contribution < 1.29 is 49.8 Å². The minimum atomic E-state index is -4.99. The molecule has 2 aromatic rings. The van der Waals surface area contributed by atoms with Crippen LogP contribution >= 0.6 is 0 Å². The molecule has 3 N–H and O–H groups in total. The largest absolute Gasteiger partial charge is 0.434 e. The lowest BCUT2D eigenvalue weighted by atomic mass is 9.77. The van der Waals surface area contributed by atoms with Gasteiger partial charge in [0.2, 0.25) is 0 Å². The van der Waals surface area contributed by atoms with Crippen LogP contribution in [-0.2, 0) is 9.53 Å². The van der Waals surface area contributed by atoms with Gasteiger partial charge in [0.05, 0.1) is 5.56 Å². The van der Waals surface area contributed by atoms with Crippen LogP contribution in [0.3, 0.4) is 0 Å². The molecule has 35 heavy (non-hydrogen) atoms. The zero-order valence-corrected chi connectivity index (χ0v) is 18.1. The Bertz CT molecular complexity index is 1140. The zero-order chi connectivity index (χ0) is 26.3. The van der Waals surface area contributed by atoms with E-state index in [1.165, 1.54) is 0 Å². The Kier molecular flexibility index (Phi) is 7.02. The molecule has 2 aromatic carbocycles. The second-order valence-corrected chi connectivity index (χ2v) is 8.07. The number of hydrogen-bond acceptors (Lipinski definition) is 4. The lowest BCUT2D eigenvalue weighted by Gasteiger charge is -2.32. The summed E-state index contributed by atoms with van der Waals surface area (Å²) in [5.41, 5.74) is 1.05. The number of hydrogen-bond donors (Lipinski definition) is 2. The molecule has 0 spiro atoms. The summed E-state index contributed by atoms with van der Waals surface area (Å²) in [6, 6.07) is 5.01. The molecule has 190 valence electrons. The second kappa shape index (κ2) is 9.36. The number of amides is 2. The topological polar surface area (TPSA) is 90.6 Å². The number of rotatable bonds is 6. The number of carbonyl (C=O) groups is 2. The van der Waals surface area contributed by atoms with Crippen LogP contribution in [0.5, 0.6) is 5.75 Å². The Morgan fingerprint density at radius 2 is 1.80 bits per heavy atom. The van der Waals surface area contributed by atoms with Gasteiger partial charge < -0.3 is 20.5 Å². The van der Waals surface area contributed by atoms with Crippen LogP contribution in [0.25, 0.3) is 0 Å². The number of benzene rings is 2. The maximum absolute atomic E-state index is 13.9. The smallest absolute Gasteiger partial charge is 0.417 e. The Labute approximate surface area is 194 Å². The predicted octanol–water partition coefficient (Wildman–Crippen LogP) is 4.74. The van der Waals surface area contributed by atoms with Gasteiger partial charge in [-0.1, -0.05) is 13.0 Å². The Balaban J connectivity index is 2.07. The van der Waals surface area contributed by atoms with E-state index < -0.39 is 71.1 Å². The van der Waals surface area contributed by atoms with Gasteiger partial charge in [0.25, 0.3) is 11.8 Å². The van der Waals surface area contributed by atoms with Gasteiger partial charge in [-0.2, -0.15) is 22.0 Å². The van der Waals surface area contributed by atoms with Crippen molar-refractivity contribution in [2.24, 2.45) is 11.7 Å². The summed E-state index contributed by atoms with van der Waals surface area (Å²) >= 11 is 0. The summed E-state index contributed by atoms with van der Waals surface area (Å²) in [6.45, 7) is -1.64. The van der Waals surface area contributed by atoms with Gasteiger partial charge in [-0.15, -0.1) is 0 Å². The molecule has 4 atom stereocenters. The van der Waals surface area contributed by atoms with Gasteiger partial charge in [-0.25, -0.2) is 8.78 Å². The number of anilines is 1. The van der Waals surface area contributed by atoms with E-state index in [9.17, 15) is 40.3 Å². The summed E-state index contributed by atoms with van der Waals surface area (Å²) in [5, 5.41) is 2.22. The average Bonchev–Trinajstić information content (AvgIpc) is 3.01. The molecule has 1 aliphatic heterocycles. The fourth-order valence-corrected chi connectivity index (χ4v) is 4.01. The second-order valence-electron chi connectivity index (χ2n) is 8.07. The lowest BCUT2D eigenvalue weighted by molar-refractivity contribution is -0.272. The Hall–Kier alpha value is -3.35. The van der Waals surface area contributed by atoms with Crippen LogP contribution in [0.15, 0.2) is 36.4 Å². The van der Waals surface area contributed by atoms with Gasteiger partial charge in [0.1, 0.15) is 23.5 Å². The van der Waals surface area contributed by atoms with Crippen LogP contribution in [0.4, 0.5) is 36.4 Å². The van der Waals surface area contributed by atoms with Gasteiger partial charge >= 0.3 is 12.8 Å². The third kappa shape index (κ3) is 5.04. The van der Waals surface area contributed by atoms with E-state index >= 15 is 0 Å². The van der Waals surface area contributed by atoms with E-state index in [1.807, 2.05) is 0 Å². The number of ether oxygens (including phenoxy) is 2. The molecule has 0 aliphatic carbocycles. The molecule has 0 radical (unpaired) electrons. The number of alkyl halides is 5. The summed E-state index contributed by atoms with van der Waals surface area (Å²) in [4.78, 5) is 24.4.